The molecule has 2 rings (SSSR count). The van der Waals surface area contributed by atoms with Crippen molar-refractivity contribution in [2.75, 3.05) is 5.73 Å². The van der Waals surface area contributed by atoms with Crippen molar-refractivity contribution in [2.45, 2.75) is 12.5 Å². The van der Waals surface area contributed by atoms with E-state index in [-0.39, 0.29) is 0 Å². The third-order valence-electron chi connectivity index (χ3n) is 2.88. The van der Waals surface area contributed by atoms with E-state index >= 15 is 0 Å². The van der Waals surface area contributed by atoms with Crippen LogP contribution >= 0.6 is 0 Å². The lowest BCUT2D eigenvalue weighted by Gasteiger charge is -2.08. The summed E-state index contributed by atoms with van der Waals surface area (Å²) < 4.78 is 0. The smallest absolute Gasteiger partial charge is 0.320 e. The fraction of sp³-hybridized carbons (Fsp3) is 0.143. The van der Waals surface area contributed by atoms with Gasteiger partial charge in [-0.15, -0.1) is 0 Å². The van der Waals surface area contributed by atoms with Gasteiger partial charge in [-0.25, -0.2) is 4.98 Å². The third kappa shape index (κ3) is 3.08. The molecule has 0 aliphatic carbocycles. The Morgan fingerprint density at radius 1 is 1.26 bits per heavy atom. The number of benzene rings is 1. The Kier molecular flexibility index (Phi) is 3.77. The minimum Gasteiger partial charge on any atom is -0.480 e. The van der Waals surface area contributed by atoms with Gasteiger partial charge in [-0.3, -0.25) is 4.79 Å². The molecule has 0 amide bonds. The van der Waals surface area contributed by atoms with Crippen molar-refractivity contribution in [1.29, 1.82) is 0 Å². The van der Waals surface area contributed by atoms with Gasteiger partial charge in [0, 0.05) is 11.8 Å². The molecule has 0 unspecified atom stereocenters. The number of nitrogen functional groups attached to an aromatic ring is 1. The van der Waals surface area contributed by atoms with Gasteiger partial charge >= 0.3 is 5.97 Å². The van der Waals surface area contributed by atoms with Crippen LogP contribution in [0.3, 0.4) is 0 Å². The highest BCUT2D eigenvalue weighted by Crippen LogP contribution is 2.24. The molecular formula is C14H15N3O2. The Labute approximate surface area is 110 Å². The highest BCUT2D eigenvalue weighted by atomic mass is 16.4. The number of pyridine rings is 1. The van der Waals surface area contributed by atoms with Gasteiger partial charge in [0.15, 0.2) is 0 Å². The van der Waals surface area contributed by atoms with Crippen LogP contribution in [0.2, 0.25) is 0 Å². The molecule has 0 saturated carbocycles. The molecule has 0 radical (unpaired) electrons. The zero-order valence-corrected chi connectivity index (χ0v) is 10.3. The Morgan fingerprint density at radius 3 is 2.53 bits per heavy atom. The van der Waals surface area contributed by atoms with E-state index in [2.05, 4.69) is 4.98 Å². The number of hydrogen-bond donors (Lipinski definition) is 3. The maximum atomic E-state index is 10.7. The standard InChI is InChI=1S/C14H15N3O2/c15-12(14(18)19)8-9-3-5-10(6-4-9)11-2-1-7-17-13(11)16/h1-7,12H,8,15H2,(H2,16,17)(H,18,19)/t12-/m0/s1. The topological polar surface area (TPSA) is 102 Å². The number of hydrogen-bond acceptors (Lipinski definition) is 4. The predicted octanol–water partition coefficient (Wildman–Crippen LogP) is 1.29. The number of carboxylic acid groups (broad SMARTS) is 1. The monoisotopic (exact) mass is 257 g/mol. The number of nitrogens with two attached hydrogens (primary N) is 2. The van der Waals surface area contributed by atoms with Crippen molar-refractivity contribution in [3.63, 3.8) is 0 Å². The van der Waals surface area contributed by atoms with E-state index in [1.54, 1.807) is 6.20 Å². The minimum absolute atomic E-state index is 0.304. The summed E-state index contributed by atoms with van der Waals surface area (Å²) in [4.78, 5) is 14.7. The zero-order valence-electron chi connectivity index (χ0n) is 10.3. The second kappa shape index (κ2) is 5.49. The summed E-state index contributed by atoms with van der Waals surface area (Å²) >= 11 is 0. The summed E-state index contributed by atoms with van der Waals surface area (Å²) in [5.74, 6) is -0.530. The highest BCUT2D eigenvalue weighted by Gasteiger charge is 2.12. The fourth-order valence-corrected chi connectivity index (χ4v) is 1.82. The Bertz CT molecular complexity index is 581. The molecule has 0 bridgehead atoms. The average molecular weight is 257 g/mol. The van der Waals surface area contributed by atoms with Gasteiger partial charge in [-0.1, -0.05) is 24.3 Å². The van der Waals surface area contributed by atoms with E-state index in [9.17, 15) is 4.79 Å². The largest absolute Gasteiger partial charge is 0.480 e. The third-order valence-corrected chi connectivity index (χ3v) is 2.88. The van der Waals surface area contributed by atoms with Gasteiger partial charge in [0.05, 0.1) is 0 Å². The maximum absolute atomic E-state index is 10.7. The summed E-state index contributed by atoms with van der Waals surface area (Å²) in [5.41, 5.74) is 14.0. The molecule has 19 heavy (non-hydrogen) atoms. The van der Waals surface area contributed by atoms with Crippen LogP contribution < -0.4 is 11.5 Å². The van der Waals surface area contributed by atoms with Gasteiger partial charge in [0.1, 0.15) is 11.9 Å². The van der Waals surface area contributed by atoms with Crippen LogP contribution in [0.1, 0.15) is 5.56 Å². The molecule has 5 nitrogen and oxygen atoms in total. The van der Waals surface area contributed by atoms with E-state index in [4.69, 9.17) is 16.6 Å². The molecule has 5 N–H and O–H groups in total. The van der Waals surface area contributed by atoms with Gasteiger partial charge in [-0.05, 0) is 29.7 Å². The van der Waals surface area contributed by atoms with E-state index in [0.29, 0.717) is 12.2 Å². The quantitative estimate of drug-likeness (QED) is 0.765. The first kappa shape index (κ1) is 13.0. The lowest BCUT2D eigenvalue weighted by atomic mass is 10.0. The lowest BCUT2D eigenvalue weighted by Crippen LogP contribution is -2.32. The second-order valence-corrected chi connectivity index (χ2v) is 4.28. The fourth-order valence-electron chi connectivity index (χ4n) is 1.82. The van der Waals surface area contributed by atoms with Gasteiger partial charge < -0.3 is 16.6 Å². The zero-order chi connectivity index (χ0) is 13.8. The number of aromatic nitrogens is 1. The first-order chi connectivity index (χ1) is 9.08. The number of rotatable bonds is 4. The summed E-state index contributed by atoms with van der Waals surface area (Å²) in [6, 6.07) is 10.3. The highest BCUT2D eigenvalue weighted by molar-refractivity contribution is 5.75. The summed E-state index contributed by atoms with van der Waals surface area (Å²) in [5, 5.41) is 8.76. The van der Waals surface area contributed by atoms with Crippen molar-refractivity contribution in [1.82, 2.24) is 4.98 Å². The maximum Gasteiger partial charge on any atom is 0.320 e. The first-order valence-corrected chi connectivity index (χ1v) is 5.86. The van der Waals surface area contributed by atoms with Crippen LogP contribution in [-0.2, 0) is 11.2 Å². The summed E-state index contributed by atoms with van der Waals surface area (Å²) in [6.45, 7) is 0. The summed E-state index contributed by atoms with van der Waals surface area (Å²) in [7, 11) is 0. The molecule has 0 aliphatic heterocycles. The Hall–Kier alpha value is -2.40. The molecule has 0 saturated heterocycles. The van der Waals surface area contributed by atoms with Crippen LogP contribution in [0, 0.1) is 0 Å². The van der Waals surface area contributed by atoms with Crippen molar-refractivity contribution in [2.24, 2.45) is 5.73 Å². The van der Waals surface area contributed by atoms with Crippen molar-refractivity contribution in [3.8, 4) is 11.1 Å². The first-order valence-electron chi connectivity index (χ1n) is 5.86. The molecule has 1 aromatic carbocycles. The minimum atomic E-state index is -0.999. The van der Waals surface area contributed by atoms with E-state index in [0.717, 1.165) is 16.7 Å². The predicted molar refractivity (Wildman–Crippen MR) is 73.4 cm³/mol. The number of nitrogens with zero attached hydrogens (tertiary/aromatic N) is 1. The number of anilines is 1. The normalized spacial score (nSPS) is 12.1. The van der Waals surface area contributed by atoms with Crippen molar-refractivity contribution >= 4 is 11.8 Å². The van der Waals surface area contributed by atoms with E-state index < -0.39 is 12.0 Å². The lowest BCUT2D eigenvalue weighted by molar-refractivity contribution is -0.138. The van der Waals surface area contributed by atoms with Crippen molar-refractivity contribution in [3.05, 3.63) is 48.2 Å². The number of carboxylic acids is 1. The summed E-state index contributed by atoms with van der Waals surface area (Å²) in [6.07, 6.45) is 1.94. The van der Waals surface area contributed by atoms with E-state index in [1.165, 1.54) is 0 Å². The molecule has 1 aromatic heterocycles. The molecule has 0 aliphatic rings. The van der Waals surface area contributed by atoms with Crippen molar-refractivity contribution < 1.29 is 9.90 Å². The van der Waals surface area contributed by atoms with Crippen LogP contribution in [-0.4, -0.2) is 22.1 Å². The van der Waals surface area contributed by atoms with Gasteiger partial charge in [0.25, 0.3) is 0 Å². The van der Waals surface area contributed by atoms with Crippen LogP contribution in [0.4, 0.5) is 5.82 Å². The second-order valence-electron chi connectivity index (χ2n) is 4.28. The molecular weight excluding hydrogens is 242 g/mol. The van der Waals surface area contributed by atoms with Gasteiger partial charge in [-0.2, -0.15) is 0 Å². The molecule has 0 spiro atoms. The Balaban J connectivity index is 2.19. The molecule has 1 heterocycles. The SMILES string of the molecule is Nc1ncccc1-c1ccc(C[C@H](N)C(=O)O)cc1. The van der Waals surface area contributed by atoms with Crippen LogP contribution in [0.15, 0.2) is 42.6 Å². The number of aliphatic carboxylic acids is 1. The van der Waals surface area contributed by atoms with Crippen LogP contribution in [0.25, 0.3) is 11.1 Å². The molecule has 5 heteroatoms. The molecule has 0 fully saturated rings. The van der Waals surface area contributed by atoms with Gasteiger partial charge in [0.2, 0.25) is 0 Å². The van der Waals surface area contributed by atoms with E-state index in [1.807, 2.05) is 36.4 Å². The molecule has 2 aromatic rings. The number of carbonyl (C=O) groups is 1. The Morgan fingerprint density at radius 2 is 1.95 bits per heavy atom. The molecule has 1 atom stereocenters. The molecule has 98 valence electrons. The average Bonchev–Trinajstić information content (AvgIpc) is 2.40. The van der Waals surface area contributed by atoms with Crippen LogP contribution in [0.5, 0.6) is 0 Å².